The molecule has 31 heavy (non-hydrogen) atoms. The van der Waals surface area contributed by atoms with E-state index in [1.807, 2.05) is 6.92 Å². The Labute approximate surface area is 180 Å². The number of rotatable bonds is 5. The first kappa shape index (κ1) is 21.7. The number of aryl methyl sites for hydroxylation is 1. The summed E-state index contributed by atoms with van der Waals surface area (Å²) in [5.41, 5.74) is 0.818. The van der Waals surface area contributed by atoms with Crippen LogP contribution in [0.1, 0.15) is 31.2 Å². The van der Waals surface area contributed by atoms with Crippen molar-refractivity contribution in [3.8, 4) is 0 Å². The van der Waals surface area contributed by atoms with Crippen LogP contribution in [0.4, 0.5) is 20.2 Å². The van der Waals surface area contributed by atoms with Crippen LogP contribution in [0.5, 0.6) is 0 Å². The van der Waals surface area contributed by atoms with Crippen molar-refractivity contribution in [3.05, 3.63) is 53.6 Å². The minimum Gasteiger partial charge on any atom is -0.367 e. The Hall–Kier alpha value is -2.52. The summed E-state index contributed by atoms with van der Waals surface area (Å²) < 4.78 is 56.4. The van der Waals surface area contributed by atoms with Crippen LogP contribution in [0.15, 0.2) is 41.3 Å². The van der Waals surface area contributed by atoms with Gasteiger partial charge in [-0.05, 0) is 56.9 Å². The monoisotopic (exact) mass is 449 g/mol. The maximum absolute atomic E-state index is 14.6. The summed E-state index contributed by atoms with van der Waals surface area (Å²) in [6.07, 6.45) is 2.63. The number of carbonyl (C=O) groups excluding carboxylic acids is 1. The zero-order valence-electron chi connectivity index (χ0n) is 17.3. The molecule has 4 rings (SSSR count). The molecule has 0 saturated carbocycles. The highest BCUT2D eigenvalue weighted by Crippen LogP contribution is 2.31. The van der Waals surface area contributed by atoms with Gasteiger partial charge in [0.15, 0.2) is 11.6 Å². The predicted molar refractivity (Wildman–Crippen MR) is 115 cm³/mol. The van der Waals surface area contributed by atoms with Gasteiger partial charge in [0.1, 0.15) is 11.7 Å². The van der Waals surface area contributed by atoms with Crippen molar-refractivity contribution in [2.75, 3.05) is 29.9 Å². The zero-order valence-corrected chi connectivity index (χ0v) is 18.1. The van der Waals surface area contributed by atoms with Gasteiger partial charge in [-0.1, -0.05) is 17.7 Å². The number of nitrogens with zero attached hydrogens (tertiary/aromatic N) is 2. The molecule has 0 unspecified atom stereocenters. The molecule has 1 amide bonds. The lowest BCUT2D eigenvalue weighted by Gasteiger charge is -2.24. The van der Waals surface area contributed by atoms with E-state index in [9.17, 15) is 22.0 Å². The van der Waals surface area contributed by atoms with Crippen LogP contribution in [0.3, 0.4) is 0 Å². The van der Waals surface area contributed by atoms with Gasteiger partial charge in [0.2, 0.25) is 15.9 Å². The number of anilines is 2. The zero-order chi connectivity index (χ0) is 22.2. The molecule has 0 radical (unpaired) electrons. The standard InChI is InChI=1S/C22H25F2N3O3S/c1-15-6-8-17(9-7-15)31(29,30)27-12-4-5-20(27)22(28)25-16-13-18(23)21(19(24)14-16)26-10-2-3-11-26/h6-9,13-14,20H,2-5,10-12H2,1H3,(H,25,28)/t20-/m0/s1. The van der Waals surface area contributed by atoms with Gasteiger partial charge in [0.05, 0.1) is 4.90 Å². The van der Waals surface area contributed by atoms with Crippen molar-refractivity contribution in [2.45, 2.75) is 43.5 Å². The topological polar surface area (TPSA) is 69.7 Å². The largest absolute Gasteiger partial charge is 0.367 e. The quantitative estimate of drug-likeness (QED) is 0.756. The molecule has 2 aliphatic heterocycles. The Bertz CT molecular complexity index is 1060. The maximum atomic E-state index is 14.6. The highest BCUT2D eigenvalue weighted by atomic mass is 32.2. The van der Waals surface area contributed by atoms with Crippen molar-refractivity contribution in [1.82, 2.24) is 4.31 Å². The molecular formula is C22H25F2N3O3S. The first-order valence-electron chi connectivity index (χ1n) is 10.4. The molecule has 1 atom stereocenters. The fourth-order valence-corrected chi connectivity index (χ4v) is 5.90. The molecule has 2 aromatic rings. The minimum atomic E-state index is -3.86. The third-order valence-corrected chi connectivity index (χ3v) is 7.76. The van der Waals surface area contributed by atoms with E-state index in [2.05, 4.69) is 5.32 Å². The van der Waals surface area contributed by atoms with E-state index in [1.165, 1.54) is 12.1 Å². The van der Waals surface area contributed by atoms with Crippen LogP contribution in [-0.2, 0) is 14.8 Å². The number of sulfonamides is 1. The number of hydrogen-bond acceptors (Lipinski definition) is 4. The second-order valence-corrected chi connectivity index (χ2v) is 9.95. The molecule has 2 aromatic carbocycles. The molecule has 2 heterocycles. The van der Waals surface area contributed by atoms with Crippen LogP contribution < -0.4 is 10.2 Å². The number of carbonyl (C=O) groups is 1. The summed E-state index contributed by atoms with van der Waals surface area (Å²) in [6, 6.07) is 7.66. The fourth-order valence-electron chi connectivity index (χ4n) is 4.24. The van der Waals surface area contributed by atoms with Gasteiger partial charge in [-0.2, -0.15) is 4.31 Å². The Morgan fingerprint density at radius 2 is 1.61 bits per heavy atom. The maximum Gasteiger partial charge on any atom is 0.243 e. The molecule has 166 valence electrons. The third kappa shape index (κ3) is 4.29. The van der Waals surface area contributed by atoms with Gasteiger partial charge < -0.3 is 10.2 Å². The van der Waals surface area contributed by atoms with Crippen molar-refractivity contribution in [2.24, 2.45) is 0 Å². The fraction of sp³-hybridized carbons (Fsp3) is 0.409. The van der Waals surface area contributed by atoms with Crippen molar-refractivity contribution in [1.29, 1.82) is 0 Å². The van der Waals surface area contributed by atoms with Crippen LogP contribution in [0.25, 0.3) is 0 Å². The second-order valence-electron chi connectivity index (χ2n) is 8.06. The first-order chi connectivity index (χ1) is 14.8. The molecule has 2 aliphatic rings. The van der Waals surface area contributed by atoms with E-state index in [4.69, 9.17) is 0 Å². The minimum absolute atomic E-state index is 0.0254. The van der Waals surface area contributed by atoms with E-state index in [-0.39, 0.29) is 22.8 Å². The van der Waals surface area contributed by atoms with E-state index in [0.717, 1.165) is 34.8 Å². The average molecular weight is 450 g/mol. The predicted octanol–water partition coefficient (Wildman–Crippen LogP) is 3.67. The van der Waals surface area contributed by atoms with E-state index < -0.39 is 33.6 Å². The molecule has 0 spiro atoms. The lowest BCUT2D eigenvalue weighted by Crippen LogP contribution is -2.43. The molecule has 6 nitrogen and oxygen atoms in total. The third-order valence-electron chi connectivity index (χ3n) is 5.84. The lowest BCUT2D eigenvalue weighted by atomic mass is 10.2. The van der Waals surface area contributed by atoms with Crippen molar-refractivity contribution >= 4 is 27.3 Å². The smallest absolute Gasteiger partial charge is 0.243 e. The normalized spacial score (nSPS) is 19.7. The number of hydrogen-bond donors (Lipinski definition) is 1. The van der Waals surface area contributed by atoms with E-state index >= 15 is 0 Å². The number of halogens is 2. The van der Waals surface area contributed by atoms with Gasteiger partial charge in [-0.15, -0.1) is 0 Å². The Morgan fingerprint density at radius 1 is 1.00 bits per heavy atom. The van der Waals surface area contributed by atoms with Crippen LogP contribution in [0.2, 0.25) is 0 Å². The average Bonchev–Trinajstić information content (AvgIpc) is 3.40. The molecule has 1 N–H and O–H groups in total. The summed E-state index contributed by atoms with van der Waals surface area (Å²) in [5, 5.41) is 2.50. The van der Waals surface area contributed by atoms with Gasteiger partial charge in [0.25, 0.3) is 0 Å². The summed E-state index contributed by atoms with van der Waals surface area (Å²) >= 11 is 0. The number of nitrogens with one attached hydrogen (secondary N) is 1. The summed E-state index contributed by atoms with van der Waals surface area (Å²) in [6.45, 7) is 3.25. The molecule has 0 aromatic heterocycles. The Morgan fingerprint density at radius 3 is 2.23 bits per heavy atom. The molecule has 9 heteroatoms. The van der Waals surface area contributed by atoms with E-state index in [0.29, 0.717) is 25.9 Å². The summed E-state index contributed by atoms with van der Waals surface area (Å²) in [7, 11) is -3.86. The number of amides is 1. The van der Waals surface area contributed by atoms with Crippen molar-refractivity contribution in [3.63, 3.8) is 0 Å². The van der Waals surface area contributed by atoms with Crippen LogP contribution in [-0.4, -0.2) is 44.3 Å². The second kappa shape index (κ2) is 8.55. The van der Waals surface area contributed by atoms with Gasteiger partial charge in [-0.25, -0.2) is 17.2 Å². The molecule has 0 aliphatic carbocycles. The SMILES string of the molecule is Cc1ccc(S(=O)(=O)N2CCC[C@H]2C(=O)Nc2cc(F)c(N3CCCC3)c(F)c2)cc1. The molecule has 2 fully saturated rings. The Balaban J connectivity index is 1.53. The highest BCUT2D eigenvalue weighted by molar-refractivity contribution is 7.89. The molecule has 2 saturated heterocycles. The molecule has 0 bridgehead atoms. The van der Waals surface area contributed by atoms with E-state index in [1.54, 1.807) is 17.0 Å². The molecular weight excluding hydrogens is 424 g/mol. The van der Waals surface area contributed by atoms with Gasteiger partial charge in [0, 0.05) is 25.3 Å². The highest BCUT2D eigenvalue weighted by Gasteiger charge is 2.39. The van der Waals surface area contributed by atoms with Crippen LogP contribution in [0, 0.1) is 18.6 Å². The summed E-state index contributed by atoms with van der Waals surface area (Å²) in [4.78, 5) is 14.6. The van der Waals surface area contributed by atoms with Crippen molar-refractivity contribution < 1.29 is 22.0 Å². The first-order valence-corrected chi connectivity index (χ1v) is 11.8. The summed E-state index contributed by atoms with van der Waals surface area (Å²) in [5.74, 6) is -2.08. The van der Waals surface area contributed by atoms with Gasteiger partial charge in [-0.3, -0.25) is 4.79 Å². The van der Waals surface area contributed by atoms with Gasteiger partial charge >= 0.3 is 0 Å². The number of benzene rings is 2. The lowest BCUT2D eigenvalue weighted by molar-refractivity contribution is -0.119. The Kier molecular flexibility index (Phi) is 5.98. The van der Waals surface area contributed by atoms with Crippen LogP contribution >= 0.6 is 0 Å².